The fraction of sp³-hybridized carbons (Fsp3) is 0.500. The summed E-state index contributed by atoms with van der Waals surface area (Å²) in [6.07, 6.45) is 8.06. The van der Waals surface area contributed by atoms with E-state index in [2.05, 4.69) is 9.88 Å². The molecule has 1 saturated heterocycles. The Morgan fingerprint density at radius 3 is 2.60 bits per heavy atom. The van der Waals surface area contributed by atoms with Gasteiger partial charge in [0.2, 0.25) is 5.88 Å². The van der Waals surface area contributed by atoms with Crippen molar-refractivity contribution in [3.63, 3.8) is 0 Å². The number of piperidine rings is 1. The molecule has 0 bridgehead atoms. The third-order valence-electron chi connectivity index (χ3n) is 5.81. The molecule has 6 nitrogen and oxygen atoms in total. The van der Waals surface area contributed by atoms with Crippen molar-refractivity contribution in [3.8, 4) is 17.4 Å². The number of benzene rings is 1. The number of hydrogen-bond acceptors (Lipinski definition) is 6. The van der Waals surface area contributed by atoms with Gasteiger partial charge in [0.05, 0.1) is 12.2 Å². The van der Waals surface area contributed by atoms with E-state index in [0.29, 0.717) is 24.2 Å². The average Bonchev–Trinajstić information content (AvgIpc) is 2.79. The van der Waals surface area contributed by atoms with Gasteiger partial charge in [-0.05, 0) is 62.3 Å². The van der Waals surface area contributed by atoms with Gasteiger partial charge in [-0.25, -0.2) is 4.98 Å². The lowest BCUT2D eigenvalue weighted by molar-refractivity contribution is 0.166. The Morgan fingerprint density at radius 2 is 1.77 bits per heavy atom. The van der Waals surface area contributed by atoms with Crippen LogP contribution in [-0.4, -0.2) is 53.7 Å². The monoisotopic (exact) mass is 409 g/mol. The summed E-state index contributed by atoms with van der Waals surface area (Å²) in [5.74, 6) is 3.30. The van der Waals surface area contributed by atoms with Crippen molar-refractivity contribution in [3.05, 3.63) is 48.2 Å². The number of aliphatic hydroxyl groups excluding tert-OH is 1. The summed E-state index contributed by atoms with van der Waals surface area (Å²) in [6, 6.07) is 11.7. The molecular formula is C24H31N3O3. The zero-order valence-corrected chi connectivity index (χ0v) is 17.5. The maximum atomic E-state index is 9.51. The van der Waals surface area contributed by atoms with Crippen molar-refractivity contribution >= 4 is 5.84 Å². The van der Waals surface area contributed by atoms with Gasteiger partial charge >= 0.3 is 0 Å². The summed E-state index contributed by atoms with van der Waals surface area (Å²) >= 11 is 0. The molecule has 0 radical (unpaired) electrons. The van der Waals surface area contributed by atoms with Gasteiger partial charge in [0.15, 0.2) is 11.5 Å². The fourth-order valence-corrected chi connectivity index (χ4v) is 4.02. The van der Waals surface area contributed by atoms with E-state index in [0.717, 1.165) is 75.3 Å². The highest BCUT2D eigenvalue weighted by molar-refractivity contribution is 6.00. The Hall–Kier alpha value is -2.60. The SMILES string of the molecule is OCC1CCN(C2=NCCCCCCOc3ccccc3Oc3ncccc32)CC1. The summed E-state index contributed by atoms with van der Waals surface area (Å²) in [7, 11) is 0. The normalized spacial score (nSPS) is 18.8. The van der Waals surface area contributed by atoms with Crippen LogP contribution in [0.25, 0.3) is 0 Å². The second-order valence-electron chi connectivity index (χ2n) is 7.99. The Bertz CT molecular complexity index is 847. The number of amidine groups is 1. The first-order chi connectivity index (χ1) is 14.8. The van der Waals surface area contributed by atoms with Gasteiger partial charge in [-0.15, -0.1) is 0 Å². The Kier molecular flexibility index (Phi) is 7.19. The number of likely N-dealkylation sites (tertiary alicyclic amines) is 1. The zero-order valence-electron chi connectivity index (χ0n) is 17.5. The lowest BCUT2D eigenvalue weighted by atomic mass is 9.97. The van der Waals surface area contributed by atoms with Gasteiger partial charge in [-0.3, -0.25) is 4.99 Å². The Morgan fingerprint density at radius 1 is 0.967 bits per heavy atom. The maximum absolute atomic E-state index is 9.51. The highest BCUT2D eigenvalue weighted by Gasteiger charge is 2.25. The van der Waals surface area contributed by atoms with E-state index in [1.807, 2.05) is 36.4 Å². The largest absolute Gasteiger partial charge is 0.490 e. The summed E-state index contributed by atoms with van der Waals surface area (Å²) in [5.41, 5.74) is 0.909. The molecule has 6 heteroatoms. The van der Waals surface area contributed by atoms with Gasteiger partial charge in [0, 0.05) is 32.4 Å². The molecule has 0 saturated carbocycles. The number of hydrogen-bond donors (Lipinski definition) is 1. The predicted octanol–water partition coefficient (Wildman–Crippen LogP) is 4.28. The van der Waals surface area contributed by atoms with E-state index in [1.165, 1.54) is 0 Å². The van der Waals surface area contributed by atoms with Crippen LogP contribution in [0.3, 0.4) is 0 Å². The van der Waals surface area contributed by atoms with Crippen molar-refractivity contribution < 1.29 is 14.6 Å². The number of ether oxygens (including phenoxy) is 2. The standard InChI is InChI=1S/C24H31N3O3/c28-18-19-11-15-27(16-12-19)23-20-8-7-14-26-24(20)30-22-10-4-3-9-21(22)29-17-6-2-1-5-13-25-23/h3-4,7-10,14,19,28H,1-2,5-6,11-13,15-18H2. The van der Waals surface area contributed by atoms with Crippen LogP contribution >= 0.6 is 0 Å². The third kappa shape index (κ3) is 5.11. The molecular weight excluding hydrogens is 378 g/mol. The first-order valence-electron chi connectivity index (χ1n) is 11.1. The Balaban J connectivity index is 1.67. The maximum Gasteiger partial charge on any atom is 0.230 e. The predicted molar refractivity (Wildman–Crippen MR) is 118 cm³/mol. The number of aliphatic hydroxyl groups is 1. The fourth-order valence-electron chi connectivity index (χ4n) is 4.02. The minimum atomic E-state index is 0.262. The van der Waals surface area contributed by atoms with E-state index >= 15 is 0 Å². The second kappa shape index (κ2) is 10.4. The molecule has 30 heavy (non-hydrogen) atoms. The molecule has 0 amide bonds. The summed E-state index contributed by atoms with van der Waals surface area (Å²) in [4.78, 5) is 11.9. The number of pyridine rings is 1. The average molecular weight is 410 g/mol. The number of rotatable bonds is 1. The van der Waals surface area contributed by atoms with Crippen LogP contribution in [-0.2, 0) is 0 Å². The number of fused-ring (bicyclic) bond motifs is 2. The van der Waals surface area contributed by atoms with Crippen LogP contribution in [0.1, 0.15) is 44.1 Å². The highest BCUT2D eigenvalue weighted by atomic mass is 16.5. The van der Waals surface area contributed by atoms with Gasteiger partial charge in [0.25, 0.3) is 0 Å². The number of para-hydroxylation sites is 2. The van der Waals surface area contributed by atoms with Crippen molar-refractivity contribution in [2.45, 2.75) is 38.5 Å². The first-order valence-corrected chi connectivity index (χ1v) is 11.1. The van der Waals surface area contributed by atoms with E-state index in [4.69, 9.17) is 14.5 Å². The van der Waals surface area contributed by atoms with E-state index in [-0.39, 0.29) is 6.61 Å². The van der Waals surface area contributed by atoms with Crippen LogP contribution in [0, 0.1) is 5.92 Å². The summed E-state index contributed by atoms with van der Waals surface area (Å²) in [6.45, 7) is 3.51. The topological polar surface area (TPSA) is 67.2 Å². The number of aliphatic imine (C=N–C) groups is 1. The molecule has 160 valence electrons. The minimum absolute atomic E-state index is 0.262. The lowest BCUT2D eigenvalue weighted by Crippen LogP contribution is -2.40. The molecule has 0 spiro atoms. The van der Waals surface area contributed by atoms with Gasteiger partial charge < -0.3 is 19.5 Å². The molecule has 1 aromatic carbocycles. The van der Waals surface area contributed by atoms with Gasteiger partial charge in [0.1, 0.15) is 5.84 Å². The number of aromatic nitrogens is 1. The van der Waals surface area contributed by atoms with Crippen LogP contribution < -0.4 is 9.47 Å². The lowest BCUT2D eigenvalue weighted by Gasteiger charge is -2.34. The van der Waals surface area contributed by atoms with Crippen molar-refractivity contribution in [1.29, 1.82) is 0 Å². The van der Waals surface area contributed by atoms with E-state index < -0.39 is 0 Å². The molecule has 3 heterocycles. The van der Waals surface area contributed by atoms with Gasteiger partial charge in [-0.2, -0.15) is 0 Å². The molecule has 1 N–H and O–H groups in total. The first kappa shape index (κ1) is 20.7. The molecule has 2 aliphatic rings. The molecule has 1 aromatic heterocycles. The quantitative estimate of drug-likeness (QED) is 0.762. The molecule has 0 unspecified atom stereocenters. The second-order valence-corrected chi connectivity index (χ2v) is 7.99. The molecule has 0 atom stereocenters. The van der Waals surface area contributed by atoms with Crippen molar-refractivity contribution in [2.75, 3.05) is 32.8 Å². The number of nitrogens with zero attached hydrogens (tertiary/aromatic N) is 3. The molecule has 2 aliphatic heterocycles. The van der Waals surface area contributed by atoms with Crippen LogP contribution in [0.5, 0.6) is 17.4 Å². The van der Waals surface area contributed by atoms with Crippen LogP contribution in [0.15, 0.2) is 47.6 Å². The van der Waals surface area contributed by atoms with Crippen molar-refractivity contribution in [2.24, 2.45) is 10.9 Å². The zero-order chi connectivity index (χ0) is 20.6. The summed E-state index contributed by atoms with van der Waals surface area (Å²) < 4.78 is 12.3. The summed E-state index contributed by atoms with van der Waals surface area (Å²) in [5, 5.41) is 9.51. The highest BCUT2D eigenvalue weighted by Crippen LogP contribution is 2.33. The van der Waals surface area contributed by atoms with Gasteiger partial charge in [-0.1, -0.05) is 18.6 Å². The van der Waals surface area contributed by atoms with Crippen LogP contribution in [0.4, 0.5) is 0 Å². The molecule has 4 rings (SSSR count). The molecule has 2 aromatic rings. The van der Waals surface area contributed by atoms with Crippen molar-refractivity contribution in [1.82, 2.24) is 9.88 Å². The van der Waals surface area contributed by atoms with E-state index in [1.54, 1.807) is 6.20 Å². The van der Waals surface area contributed by atoms with Crippen LogP contribution in [0.2, 0.25) is 0 Å². The third-order valence-corrected chi connectivity index (χ3v) is 5.81. The molecule has 0 aliphatic carbocycles. The molecule has 1 fully saturated rings. The smallest absolute Gasteiger partial charge is 0.230 e. The van der Waals surface area contributed by atoms with E-state index in [9.17, 15) is 5.11 Å². The Labute approximate surface area is 178 Å². The minimum Gasteiger partial charge on any atom is -0.490 e.